The predicted molar refractivity (Wildman–Crippen MR) is 65.1 cm³/mol. The van der Waals surface area contributed by atoms with Crippen LogP contribution in [-0.4, -0.2) is 49.6 Å². The van der Waals surface area contributed by atoms with Gasteiger partial charge in [0.25, 0.3) is 0 Å². The molecule has 0 aliphatic carbocycles. The van der Waals surface area contributed by atoms with Gasteiger partial charge in [0.1, 0.15) is 0 Å². The molecule has 0 fully saturated rings. The van der Waals surface area contributed by atoms with E-state index >= 15 is 0 Å². The van der Waals surface area contributed by atoms with Crippen LogP contribution in [0.25, 0.3) is 0 Å². The van der Waals surface area contributed by atoms with Crippen LogP contribution in [0.4, 0.5) is 5.13 Å². The van der Waals surface area contributed by atoms with Gasteiger partial charge in [-0.25, -0.2) is 9.78 Å². The van der Waals surface area contributed by atoms with Crippen LogP contribution >= 0.6 is 11.3 Å². The molecule has 0 amide bonds. The zero-order valence-corrected chi connectivity index (χ0v) is 10.8. The number of nitrogens with zero attached hydrogens (tertiary/aromatic N) is 2. The van der Waals surface area contributed by atoms with Gasteiger partial charge in [-0.05, 0) is 21.0 Å². The topological polar surface area (TPSA) is 54.5 Å². The Kier molecular flexibility index (Phi) is 4.70. The first-order valence-electron chi connectivity index (χ1n) is 4.98. The average molecular weight is 243 g/mol. The second kappa shape index (κ2) is 5.81. The number of methoxy groups -OCH3 is 1. The van der Waals surface area contributed by atoms with Crippen molar-refractivity contribution in [1.82, 2.24) is 9.88 Å². The SMILES string of the molecule is COC(=O)c1csc(NCC(C)N(C)C)n1. The van der Waals surface area contributed by atoms with E-state index in [1.165, 1.54) is 18.4 Å². The molecule has 6 heteroatoms. The Morgan fingerprint density at radius 2 is 2.38 bits per heavy atom. The summed E-state index contributed by atoms with van der Waals surface area (Å²) in [6, 6.07) is 0.408. The van der Waals surface area contributed by atoms with E-state index < -0.39 is 5.97 Å². The lowest BCUT2D eigenvalue weighted by molar-refractivity contribution is 0.0595. The summed E-state index contributed by atoms with van der Waals surface area (Å²) in [7, 11) is 5.39. The van der Waals surface area contributed by atoms with Crippen molar-refractivity contribution < 1.29 is 9.53 Å². The maximum Gasteiger partial charge on any atom is 0.357 e. The number of likely N-dealkylation sites (N-methyl/N-ethyl adjacent to an activating group) is 1. The molecule has 0 aliphatic rings. The van der Waals surface area contributed by atoms with Crippen molar-refractivity contribution in [2.24, 2.45) is 0 Å². The molecule has 1 unspecified atom stereocenters. The fraction of sp³-hybridized carbons (Fsp3) is 0.600. The summed E-state index contributed by atoms with van der Waals surface area (Å²) >= 11 is 1.41. The highest BCUT2D eigenvalue weighted by Gasteiger charge is 2.11. The fourth-order valence-corrected chi connectivity index (χ4v) is 1.66. The minimum absolute atomic E-state index is 0.354. The number of esters is 1. The minimum atomic E-state index is -0.398. The lowest BCUT2D eigenvalue weighted by atomic mass is 10.3. The number of ether oxygens (including phenoxy) is 1. The van der Waals surface area contributed by atoms with Crippen LogP contribution in [0.3, 0.4) is 0 Å². The van der Waals surface area contributed by atoms with Gasteiger partial charge < -0.3 is 15.0 Å². The molecule has 1 atom stereocenters. The Balaban J connectivity index is 2.49. The van der Waals surface area contributed by atoms with Gasteiger partial charge >= 0.3 is 5.97 Å². The molecule has 0 spiro atoms. The Morgan fingerprint density at radius 1 is 1.69 bits per heavy atom. The number of carbonyl (C=O) groups excluding carboxylic acids is 1. The highest BCUT2D eigenvalue weighted by Crippen LogP contribution is 2.15. The first-order valence-corrected chi connectivity index (χ1v) is 5.86. The van der Waals surface area contributed by atoms with Crippen molar-refractivity contribution in [2.45, 2.75) is 13.0 Å². The highest BCUT2D eigenvalue weighted by atomic mass is 32.1. The molecule has 0 bridgehead atoms. The van der Waals surface area contributed by atoms with Crippen LogP contribution in [-0.2, 0) is 4.74 Å². The predicted octanol–water partition coefficient (Wildman–Crippen LogP) is 1.29. The van der Waals surface area contributed by atoms with E-state index in [2.05, 4.69) is 26.9 Å². The van der Waals surface area contributed by atoms with Gasteiger partial charge in [-0.2, -0.15) is 0 Å². The minimum Gasteiger partial charge on any atom is -0.464 e. The summed E-state index contributed by atoms with van der Waals surface area (Å²) in [4.78, 5) is 17.4. The highest BCUT2D eigenvalue weighted by molar-refractivity contribution is 7.13. The number of nitrogens with one attached hydrogen (secondary N) is 1. The number of rotatable bonds is 5. The Labute approximate surface area is 99.4 Å². The van der Waals surface area contributed by atoms with Gasteiger partial charge in [0, 0.05) is 18.0 Å². The van der Waals surface area contributed by atoms with Gasteiger partial charge in [0.2, 0.25) is 0 Å². The van der Waals surface area contributed by atoms with E-state index in [9.17, 15) is 4.79 Å². The first kappa shape index (κ1) is 12.9. The van der Waals surface area contributed by atoms with Gasteiger partial charge in [-0.15, -0.1) is 11.3 Å². The van der Waals surface area contributed by atoms with E-state index in [0.717, 1.165) is 11.7 Å². The Morgan fingerprint density at radius 3 is 2.94 bits per heavy atom. The maximum absolute atomic E-state index is 11.2. The van der Waals surface area contributed by atoms with Crippen molar-refractivity contribution in [3.05, 3.63) is 11.1 Å². The molecule has 0 radical (unpaired) electrons. The summed E-state index contributed by atoms with van der Waals surface area (Å²) in [6.45, 7) is 2.91. The molecule has 0 saturated carbocycles. The summed E-state index contributed by atoms with van der Waals surface area (Å²) in [5.41, 5.74) is 0.354. The van der Waals surface area contributed by atoms with Crippen LogP contribution in [0, 0.1) is 0 Å². The normalized spacial score (nSPS) is 12.6. The largest absolute Gasteiger partial charge is 0.464 e. The van der Waals surface area contributed by atoms with Crippen molar-refractivity contribution in [1.29, 1.82) is 0 Å². The molecule has 1 aromatic rings. The van der Waals surface area contributed by atoms with Crippen molar-refractivity contribution in [3.63, 3.8) is 0 Å². The summed E-state index contributed by atoms with van der Waals surface area (Å²) in [5, 5.41) is 5.62. The average Bonchev–Trinajstić information content (AvgIpc) is 2.73. The number of hydrogen-bond acceptors (Lipinski definition) is 6. The first-order chi connectivity index (χ1) is 7.54. The zero-order valence-electron chi connectivity index (χ0n) is 9.98. The summed E-state index contributed by atoms with van der Waals surface area (Å²) < 4.78 is 4.58. The molecule has 0 aromatic carbocycles. The number of thiazole rings is 1. The smallest absolute Gasteiger partial charge is 0.357 e. The van der Waals surface area contributed by atoms with Crippen LogP contribution in [0.1, 0.15) is 17.4 Å². The third-order valence-corrected chi connectivity index (χ3v) is 3.13. The number of anilines is 1. The van der Waals surface area contributed by atoms with E-state index in [1.807, 2.05) is 14.1 Å². The third kappa shape index (κ3) is 3.46. The molecule has 1 heterocycles. The second-order valence-electron chi connectivity index (χ2n) is 3.72. The molecular weight excluding hydrogens is 226 g/mol. The van der Waals surface area contributed by atoms with Gasteiger partial charge in [0.05, 0.1) is 7.11 Å². The zero-order chi connectivity index (χ0) is 12.1. The van der Waals surface area contributed by atoms with E-state index in [0.29, 0.717) is 11.7 Å². The molecule has 0 aliphatic heterocycles. The van der Waals surface area contributed by atoms with Crippen LogP contribution in [0.15, 0.2) is 5.38 Å². The molecule has 16 heavy (non-hydrogen) atoms. The van der Waals surface area contributed by atoms with Crippen molar-refractivity contribution in [2.75, 3.05) is 33.1 Å². The lowest BCUT2D eigenvalue weighted by Gasteiger charge is -2.19. The van der Waals surface area contributed by atoms with Crippen molar-refractivity contribution in [3.8, 4) is 0 Å². The van der Waals surface area contributed by atoms with Crippen molar-refractivity contribution >= 4 is 22.4 Å². The summed E-state index contributed by atoms with van der Waals surface area (Å²) in [6.07, 6.45) is 0. The maximum atomic E-state index is 11.2. The molecule has 1 N–H and O–H groups in total. The molecule has 0 saturated heterocycles. The lowest BCUT2D eigenvalue weighted by Crippen LogP contribution is -2.31. The van der Waals surface area contributed by atoms with E-state index in [4.69, 9.17) is 0 Å². The molecular formula is C10H17N3O2S. The fourth-order valence-electron chi connectivity index (χ4n) is 0.971. The molecule has 5 nitrogen and oxygen atoms in total. The second-order valence-corrected chi connectivity index (χ2v) is 4.58. The van der Waals surface area contributed by atoms with Crippen LogP contribution in [0.5, 0.6) is 0 Å². The third-order valence-electron chi connectivity index (χ3n) is 2.33. The Bertz CT molecular complexity index is 352. The Hall–Kier alpha value is -1.14. The number of carbonyl (C=O) groups is 1. The molecule has 1 rings (SSSR count). The number of aromatic nitrogens is 1. The summed E-state index contributed by atoms with van der Waals surface area (Å²) in [5.74, 6) is -0.398. The van der Waals surface area contributed by atoms with Gasteiger partial charge in [0.15, 0.2) is 10.8 Å². The van der Waals surface area contributed by atoms with Gasteiger partial charge in [-0.1, -0.05) is 0 Å². The monoisotopic (exact) mass is 243 g/mol. The van der Waals surface area contributed by atoms with Crippen LogP contribution in [0.2, 0.25) is 0 Å². The molecule has 90 valence electrons. The standard InChI is InChI=1S/C10H17N3O2S/c1-7(13(2)3)5-11-10-12-8(6-16-10)9(14)15-4/h6-7H,5H2,1-4H3,(H,11,12). The van der Waals surface area contributed by atoms with Gasteiger partial charge in [-0.3, -0.25) is 0 Å². The van der Waals surface area contributed by atoms with E-state index in [-0.39, 0.29) is 0 Å². The quantitative estimate of drug-likeness (QED) is 0.790. The van der Waals surface area contributed by atoms with Crippen LogP contribution < -0.4 is 5.32 Å². The molecule has 1 aromatic heterocycles. The number of hydrogen-bond donors (Lipinski definition) is 1. The van der Waals surface area contributed by atoms with E-state index in [1.54, 1.807) is 5.38 Å².